The Kier molecular flexibility index (Phi) is 0.939. The highest BCUT2D eigenvalue weighted by atomic mass is 16.5. The van der Waals surface area contributed by atoms with E-state index >= 15 is 0 Å². The molecule has 1 aromatic rings. The fourth-order valence-corrected chi connectivity index (χ4v) is 1.05. The molecule has 2 rings (SSSR count). The van der Waals surface area contributed by atoms with Crippen LogP contribution in [0.15, 0.2) is 9.32 Å². The van der Waals surface area contributed by atoms with Crippen LogP contribution < -0.4 is 10.9 Å². The zero-order valence-corrected chi connectivity index (χ0v) is 5.31. The van der Waals surface area contributed by atoms with E-state index < -0.39 is 6.52 Å². The highest BCUT2D eigenvalue weighted by Gasteiger charge is 2.15. The molecule has 10 heavy (non-hydrogen) atoms. The van der Waals surface area contributed by atoms with E-state index in [4.69, 9.17) is 5.89 Å². The Morgan fingerprint density at radius 2 is 2.60 bits per heavy atom. The molecule has 4 nitrogen and oxygen atoms in total. The summed E-state index contributed by atoms with van der Waals surface area (Å²) in [5, 5.41) is 5.08. The Morgan fingerprint density at radius 3 is 3.40 bits per heavy atom. The van der Waals surface area contributed by atoms with Crippen LogP contribution in [0.5, 0.6) is 0 Å². The summed E-state index contributed by atoms with van der Waals surface area (Å²) in [6.07, 6.45) is 0.649. The van der Waals surface area contributed by atoms with Gasteiger partial charge in [0.15, 0.2) is 5.76 Å². The molecule has 1 aliphatic heterocycles. The highest BCUT2D eigenvalue weighted by Crippen LogP contribution is 2.06. The van der Waals surface area contributed by atoms with Gasteiger partial charge >= 0.3 is 0 Å². The van der Waals surface area contributed by atoms with Gasteiger partial charge in [0.2, 0.25) is 0 Å². The van der Waals surface area contributed by atoms with Crippen molar-refractivity contribution >= 4 is 0 Å². The number of hydrogen-bond acceptors (Lipinski definition) is 3. The highest BCUT2D eigenvalue weighted by molar-refractivity contribution is 5.16. The van der Waals surface area contributed by atoms with Gasteiger partial charge in [-0.05, 0) is 13.0 Å². The molecule has 0 radical (unpaired) electrons. The maximum absolute atomic E-state index is 10.9. The molecular formula is C6H8N2O2. The lowest BCUT2D eigenvalue weighted by Crippen LogP contribution is -2.25. The van der Waals surface area contributed by atoms with E-state index in [-0.39, 0.29) is 5.56 Å². The molecule has 0 spiro atoms. The Balaban J connectivity index is 2.55. The minimum absolute atomic E-state index is 0.196. The van der Waals surface area contributed by atoms with Crippen molar-refractivity contribution in [2.24, 2.45) is 0 Å². The van der Waals surface area contributed by atoms with Crippen LogP contribution in [0, 0.1) is 0 Å². The van der Waals surface area contributed by atoms with Gasteiger partial charge in [-0.25, -0.2) is 0 Å². The summed E-state index contributed by atoms with van der Waals surface area (Å²) in [5.74, 6) is 0.432. The lowest BCUT2D eigenvalue weighted by Gasteiger charge is -2.07. The normalized spacial score (nSPS) is 25.6. The Bertz CT molecular complexity index is 317. The van der Waals surface area contributed by atoms with Crippen LogP contribution in [-0.4, -0.2) is 11.7 Å². The average molecular weight is 141 g/mol. The van der Waals surface area contributed by atoms with Gasteiger partial charge in [0.25, 0.3) is 5.56 Å². The van der Waals surface area contributed by atoms with E-state index in [1.165, 1.54) is 0 Å². The molecule has 2 heterocycles. The van der Waals surface area contributed by atoms with Gasteiger partial charge in [-0.2, -0.15) is 5.16 Å². The molecule has 0 bridgehead atoms. The average Bonchev–Trinajstić information content (AvgIpc) is 2.35. The molecule has 0 saturated carbocycles. The van der Waals surface area contributed by atoms with Crippen molar-refractivity contribution < 1.29 is 5.89 Å². The molecule has 2 N–H and O–H groups in total. The predicted molar refractivity (Wildman–Crippen MR) is 34.7 cm³/mol. The van der Waals surface area contributed by atoms with Crippen LogP contribution in [0.4, 0.5) is 0 Å². The van der Waals surface area contributed by atoms with Crippen LogP contribution >= 0.6 is 0 Å². The fourth-order valence-electron chi connectivity index (χ4n) is 1.05. The van der Waals surface area contributed by atoms with Gasteiger partial charge in [-0.3, -0.25) is 4.79 Å². The Labute approximate surface area is 58.6 Å². The third kappa shape index (κ3) is 0.690. The van der Waals surface area contributed by atoms with Crippen molar-refractivity contribution in [1.29, 1.82) is 0 Å². The van der Waals surface area contributed by atoms with Crippen molar-refractivity contribution in [3.05, 3.63) is 21.7 Å². The smallest absolute Gasteiger partial charge is 0.283 e. The van der Waals surface area contributed by atoms with E-state index in [9.17, 15) is 4.79 Å². The van der Waals surface area contributed by atoms with Crippen molar-refractivity contribution in [3.63, 3.8) is 0 Å². The van der Waals surface area contributed by atoms with Crippen LogP contribution in [0.2, 0.25) is 0 Å². The predicted octanol–water partition coefficient (Wildman–Crippen LogP) is -0.386. The van der Waals surface area contributed by atoms with Crippen LogP contribution in [0.1, 0.15) is 12.7 Å². The molecule has 0 aromatic carbocycles. The summed E-state index contributed by atoms with van der Waals surface area (Å²) >= 11 is 0. The molecular weight excluding hydrogens is 132 g/mol. The van der Waals surface area contributed by atoms with Crippen LogP contribution in [0.3, 0.4) is 0 Å². The summed E-state index contributed by atoms with van der Waals surface area (Å²) in [5.41, 5.74) is 0.419. The molecule has 1 aliphatic rings. The molecule has 4 heteroatoms. The van der Waals surface area contributed by atoms with Gasteiger partial charge in [0.1, 0.15) is 0 Å². The number of hydrogen-bond donors (Lipinski definition) is 2. The molecule has 0 saturated heterocycles. The molecule has 0 amide bonds. The monoisotopic (exact) mass is 141 g/mol. The van der Waals surface area contributed by atoms with Crippen molar-refractivity contribution in [3.8, 4) is 0 Å². The summed E-state index contributed by atoms with van der Waals surface area (Å²) in [7, 11) is 0. The molecule has 0 fully saturated rings. The van der Waals surface area contributed by atoms with Gasteiger partial charge in [0, 0.05) is 0 Å². The number of fused-ring (bicyclic) bond motifs is 1. The van der Waals surface area contributed by atoms with Crippen molar-refractivity contribution in [1.82, 2.24) is 10.5 Å². The maximum atomic E-state index is 10.9. The zero-order chi connectivity index (χ0) is 7.84. The molecule has 1 unspecified atom stereocenters. The first-order valence-electron chi connectivity index (χ1n) is 3.72. The van der Waals surface area contributed by atoms with Crippen LogP contribution in [0.25, 0.3) is 0 Å². The maximum Gasteiger partial charge on any atom is 0.283 e. The minimum Gasteiger partial charge on any atom is -0.382 e. The summed E-state index contributed by atoms with van der Waals surface area (Å²) in [4.78, 5) is 10.9. The van der Waals surface area contributed by atoms with Gasteiger partial charge in [0.05, 0.1) is 13.5 Å². The second kappa shape index (κ2) is 1.98. The quantitative estimate of drug-likeness (QED) is 0.517. The number of aromatic nitrogens is 1. The lowest BCUT2D eigenvalue weighted by molar-refractivity contribution is 0.362. The number of nitrogens with one attached hydrogen (secondary N) is 2. The SMILES string of the molecule is [2H]C1NCCc2c1o[nH]c2=O. The molecule has 1 atom stereocenters. The number of rotatable bonds is 0. The standard InChI is InChI=1S/C6H8N2O2/c9-6-4-1-2-7-3-5(4)10-8-6/h7H,1-3H2,(H,8,9)/i3D. The Hall–Kier alpha value is -1.03. The van der Waals surface area contributed by atoms with Gasteiger partial charge in [-0.1, -0.05) is 0 Å². The second-order valence-electron chi connectivity index (χ2n) is 2.22. The van der Waals surface area contributed by atoms with E-state index in [1.54, 1.807) is 0 Å². The van der Waals surface area contributed by atoms with Crippen molar-refractivity contribution in [2.45, 2.75) is 12.9 Å². The minimum atomic E-state index is -0.585. The molecule has 54 valence electrons. The van der Waals surface area contributed by atoms with E-state index in [0.717, 1.165) is 0 Å². The molecule has 0 aliphatic carbocycles. The largest absolute Gasteiger partial charge is 0.382 e. The number of aromatic amines is 1. The molecule has 1 aromatic heterocycles. The van der Waals surface area contributed by atoms with Gasteiger partial charge in [-0.15, -0.1) is 0 Å². The first-order valence-corrected chi connectivity index (χ1v) is 3.15. The Morgan fingerprint density at radius 1 is 1.70 bits per heavy atom. The zero-order valence-electron chi connectivity index (χ0n) is 6.31. The van der Waals surface area contributed by atoms with Crippen molar-refractivity contribution in [2.75, 3.05) is 6.54 Å². The fraction of sp³-hybridized carbons (Fsp3) is 0.500. The first-order chi connectivity index (χ1) is 5.29. The third-order valence-corrected chi connectivity index (χ3v) is 1.58. The second-order valence-corrected chi connectivity index (χ2v) is 2.22. The first kappa shape index (κ1) is 4.73. The van der Waals surface area contributed by atoms with E-state index in [1.807, 2.05) is 0 Å². The summed E-state index contributed by atoms with van der Waals surface area (Å²) in [6, 6.07) is 0. The summed E-state index contributed by atoms with van der Waals surface area (Å²) < 4.78 is 12.2. The third-order valence-electron chi connectivity index (χ3n) is 1.58. The topological polar surface area (TPSA) is 58.0 Å². The van der Waals surface area contributed by atoms with Gasteiger partial charge < -0.3 is 9.84 Å². The van der Waals surface area contributed by atoms with Crippen LogP contribution in [-0.2, 0) is 12.9 Å². The summed E-state index contributed by atoms with van der Waals surface area (Å²) in [6.45, 7) is 0.0850. The number of H-pyrrole nitrogens is 1. The lowest BCUT2D eigenvalue weighted by atomic mass is 10.1. The van der Waals surface area contributed by atoms with E-state index in [0.29, 0.717) is 24.3 Å². The van der Waals surface area contributed by atoms with E-state index in [2.05, 4.69) is 10.5 Å².